The van der Waals surface area contributed by atoms with Crippen molar-refractivity contribution >= 4 is 29.9 Å². The Kier molecular flexibility index (Phi) is 6.07. The minimum absolute atomic E-state index is 0. The second-order valence-electron chi connectivity index (χ2n) is 6.20. The van der Waals surface area contributed by atoms with Gasteiger partial charge in [0.15, 0.2) is 5.67 Å². The Morgan fingerprint density at radius 2 is 2.04 bits per heavy atom. The van der Waals surface area contributed by atoms with Crippen molar-refractivity contribution in [2.75, 3.05) is 13.1 Å². The first-order valence-corrected chi connectivity index (χ1v) is 8.24. The molecule has 1 saturated heterocycles. The average Bonchev–Trinajstić information content (AvgIpc) is 2.55. The summed E-state index contributed by atoms with van der Waals surface area (Å²) in [6.45, 7) is 2.00. The lowest BCUT2D eigenvalue weighted by molar-refractivity contribution is -0.123. The fraction of sp³-hybridized carbons (Fsp3) is 0.389. The van der Waals surface area contributed by atoms with E-state index >= 15 is 4.39 Å². The first-order valence-electron chi connectivity index (χ1n) is 7.86. The molecule has 1 fully saturated rings. The lowest BCUT2D eigenvalue weighted by Gasteiger charge is -2.31. The van der Waals surface area contributed by atoms with Gasteiger partial charge in [-0.2, -0.15) is 0 Å². The van der Waals surface area contributed by atoms with Crippen molar-refractivity contribution < 1.29 is 9.18 Å². The Labute approximate surface area is 152 Å². The van der Waals surface area contributed by atoms with Gasteiger partial charge in [0.25, 0.3) is 0 Å². The number of piperidine rings is 1. The van der Waals surface area contributed by atoms with Gasteiger partial charge in [0.1, 0.15) is 0 Å². The standard InChI is InChI=1S/C18H20ClFN2O.ClH/c19-15-7-8-16(17(21)23)18(20,10-15)14-5-3-12(4-6-14)13-2-1-9-22-11-13;/h3-8,10,13,16,22H,1-2,9,11H2,(H2,21,23);1H. The number of carbonyl (C=O) groups is 1. The van der Waals surface area contributed by atoms with Gasteiger partial charge >= 0.3 is 0 Å². The van der Waals surface area contributed by atoms with Gasteiger partial charge in [-0.3, -0.25) is 4.79 Å². The molecule has 0 aromatic heterocycles. The number of carbonyl (C=O) groups excluding carboxylic acids is 1. The highest BCUT2D eigenvalue weighted by molar-refractivity contribution is 6.31. The Morgan fingerprint density at radius 1 is 1.33 bits per heavy atom. The molecule has 3 N–H and O–H groups in total. The third kappa shape index (κ3) is 3.66. The molecule has 0 bridgehead atoms. The predicted molar refractivity (Wildman–Crippen MR) is 97.1 cm³/mol. The molecular weight excluding hydrogens is 350 g/mol. The number of hydrogen-bond donors (Lipinski definition) is 2. The van der Waals surface area contributed by atoms with E-state index in [2.05, 4.69) is 5.32 Å². The van der Waals surface area contributed by atoms with E-state index in [-0.39, 0.29) is 17.4 Å². The van der Waals surface area contributed by atoms with Gasteiger partial charge < -0.3 is 11.1 Å². The molecule has 24 heavy (non-hydrogen) atoms. The first-order chi connectivity index (χ1) is 11.0. The van der Waals surface area contributed by atoms with Gasteiger partial charge in [-0.15, -0.1) is 12.4 Å². The van der Waals surface area contributed by atoms with Crippen LogP contribution in [0.5, 0.6) is 0 Å². The summed E-state index contributed by atoms with van der Waals surface area (Å²) in [5.41, 5.74) is 4.94. The van der Waals surface area contributed by atoms with Crippen LogP contribution in [0.15, 0.2) is 47.5 Å². The summed E-state index contributed by atoms with van der Waals surface area (Å²) in [4.78, 5) is 11.6. The summed E-state index contributed by atoms with van der Waals surface area (Å²) in [7, 11) is 0. The van der Waals surface area contributed by atoms with Gasteiger partial charge in [-0.05, 0) is 48.6 Å². The molecule has 2 aliphatic rings. The maximum Gasteiger partial charge on any atom is 0.228 e. The van der Waals surface area contributed by atoms with Gasteiger partial charge in [0.05, 0.1) is 5.92 Å². The minimum atomic E-state index is -2.00. The third-order valence-corrected chi connectivity index (χ3v) is 4.91. The summed E-state index contributed by atoms with van der Waals surface area (Å²) in [5, 5.41) is 3.64. The van der Waals surface area contributed by atoms with Crippen molar-refractivity contribution in [1.82, 2.24) is 5.32 Å². The van der Waals surface area contributed by atoms with Crippen molar-refractivity contribution in [1.29, 1.82) is 0 Å². The van der Waals surface area contributed by atoms with Crippen LogP contribution in [0.2, 0.25) is 0 Å². The normalized spacial score (nSPS) is 29.5. The smallest absolute Gasteiger partial charge is 0.228 e. The molecule has 3 rings (SSSR count). The van der Waals surface area contributed by atoms with Crippen molar-refractivity contribution in [3.05, 3.63) is 58.7 Å². The van der Waals surface area contributed by atoms with Crippen molar-refractivity contribution in [3.8, 4) is 0 Å². The van der Waals surface area contributed by atoms with E-state index in [1.54, 1.807) is 12.1 Å². The quantitative estimate of drug-likeness (QED) is 0.854. The van der Waals surface area contributed by atoms with Crippen LogP contribution in [0.3, 0.4) is 0 Å². The van der Waals surface area contributed by atoms with Crippen LogP contribution in [0, 0.1) is 5.92 Å². The fourth-order valence-electron chi connectivity index (χ4n) is 3.38. The second-order valence-corrected chi connectivity index (χ2v) is 6.64. The molecule has 0 spiro atoms. The summed E-state index contributed by atoms with van der Waals surface area (Å²) in [6.07, 6.45) is 6.49. The van der Waals surface area contributed by atoms with Crippen LogP contribution in [-0.4, -0.2) is 19.0 Å². The lowest BCUT2D eigenvalue weighted by Crippen LogP contribution is -2.38. The summed E-state index contributed by atoms with van der Waals surface area (Å²) in [5.74, 6) is -1.30. The van der Waals surface area contributed by atoms with Crippen LogP contribution < -0.4 is 11.1 Å². The highest BCUT2D eigenvalue weighted by Gasteiger charge is 2.43. The van der Waals surface area contributed by atoms with Gasteiger partial charge in [0, 0.05) is 11.6 Å². The molecule has 1 aromatic rings. The largest absolute Gasteiger partial charge is 0.369 e. The van der Waals surface area contributed by atoms with Crippen LogP contribution in [-0.2, 0) is 10.5 Å². The Morgan fingerprint density at radius 3 is 2.62 bits per heavy atom. The molecule has 3 atom stereocenters. The molecule has 6 heteroatoms. The zero-order chi connectivity index (χ0) is 16.4. The number of primary amides is 1. The highest BCUT2D eigenvalue weighted by Crippen LogP contribution is 2.41. The SMILES string of the molecule is Cl.NC(=O)C1C=CC(Cl)=CC1(F)c1ccc(C2CCCNC2)cc1. The van der Waals surface area contributed by atoms with Crippen molar-refractivity contribution in [3.63, 3.8) is 0 Å². The summed E-state index contributed by atoms with van der Waals surface area (Å²) in [6, 6.07) is 7.35. The number of nitrogens with two attached hydrogens (primary N) is 1. The van der Waals surface area contributed by atoms with Gasteiger partial charge in [-0.1, -0.05) is 41.9 Å². The van der Waals surface area contributed by atoms with E-state index in [9.17, 15) is 4.79 Å². The van der Waals surface area contributed by atoms with Crippen molar-refractivity contribution in [2.45, 2.75) is 24.4 Å². The molecule has 1 aliphatic heterocycles. The van der Waals surface area contributed by atoms with E-state index in [0.717, 1.165) is 25.9 Å². The van der Waals surface area contributed by atoms with Gasteiger partial charge in [0.2, 0.25) is 5.91 Å². The monoisotopic (exact) mass is 370 g/mol. The predicted octanol–water partition coefficient (Wildman–Crippen LogP) is 3.53. The molecule has 1 heterocycles. The van der Waals surface area contributed by atoms with E-state index in [1.807, 2.05) is 12.1 Å². The van der Waals surface area contributed by atoms with Crippen LogP contribution >= 0.6 is 24.0 Å². The van der Waals surface area contributed by atoms with Gasteiger partial charge in [-0.25, -0.2) is 4.39 Å². The number of halogens is 3. The number of rotatable bonds is 3. The number of hydrogen-bond acceptors (Lipinski definition) is 2. The second kappa shape index (κ2) is 7.68. The Balaban J connectivity index is 0.00000208. The lowest BCUT2D eigenvalue weighted by atomic mass is 9.78. The third-order valence-electron chi connectivity index (χ3n) is 4.68. The van der Waals surface area contributed by atoms with E-state index in [0.29, 0.717) is 11.5 Å². The zero-order valence-corrected chi connectivity index (χ0v) is 14.7. The topological polar surface area (TPSA) is 55.1 Å². The summed E-state index contributed by atoms with van der Waals surface area (Å²) < 4.78 is 15.5. The van der Waals surface area contributed by atoms with E-state index in [4.69, 9.17) is 17.3 Å². The van der Waals surface area contributed by atoms with E-state index in [1.165, 1.54) is 23.8 Å². The van der Waals surface area contributed by atoms with E-state index < -0.39 is 17.5 Å². The molecule has 1 aliphatic carbocycles. The fourth-order valence-corrected chi connectivity index (χ4v) is 3.61. The summed E-state index contributed by atoms with van der Waals surface area (Å²) >= 11 is 5.95. The Hall–Kier alpha value is -1.36. The molecule has 0 saturated carbocycles. The molecule has 0 radical (unpaired) electrons. The number of nitrogens with one attached hydrogen (secondary N) is 1. The molecule has 130 valence electrons. The van der Waals surface area contributed by atoms with Crippen LogP contribution in [0.4, 0.5) is 4.39 Å². The molecule has 3 unspecified atom stereocenters. The first kappa shape index (κ1) is 19.0. The zero-order valence-electron chi connectivity index (χ0n) is 13.2. The maximum absolute atomic E-state index is 15.5. The van der Waals surface area contributed by atoms with Crippen molar-refractivity contribution in [2.24, 2.45) is 11.7 Å². The number of amides is 1. The molecule has 3 nitrogen and oxygen atoms in total. The number of benzene rings is 1. The molecule has 1 aromatic carbocycles. The number of alkyl halides is 1. The van der Waals surface area contributed by atoms with Crippen LogP contribution in [0.1, 0.15) is 29.9 Å². The maximum atomic E-state index is 15.5. The Bertz CT molecular complexity index is 653. The highest BCUT2D eigenvalue weighted by atomic mass is 35.5. The number of allylic oxidation sites excluding steroid dienone is 3. The molecular formula is C18H21Cl2FN2O. The average molecular weight is 371 g/mol. The minimum Gasteiger partial charge on any atom is -0.369 e. The molecule has 1 amide bonds. The van der Waals surface area contributed by atoms with Crippen LogP contribution in [0.25, 0.3) is 0 Å².